The van der Waals surface area contributed by atoms with E-state index in [9.17, 15) is 9.50 Å². The monoisotopic (exact) mass is 471 g/mol. The molecule has 1 heterocycles. The number of aliphatic hydroxyl groups is 1. The lowest BCUT2D eigenvalue weighted by Gasteiger charge is -2.25. The average Bonchev–Trinajstić information content (AvgIpc) is 3.66. The molecule has 4 aromatic rings. The summed E-state index contributed by atoms with van der Waals surface area (Å²) >= 11 is 0. The molecule has 1 fully saturated rings. The molecule has 0 unspecified atom stereocenters. The summed E-state index contributed by atoms with van der Waals surface area (Å²) in [5.41, 5.74) is 3.79. The summed E-state index contributed by atoms with van der Waals surface area (Å²) in [5.74, 6) is 0.642. The molecule has 0 saturated heterocycles. The van der Waals surface area contributed by atoms with Gasteiger partial charge in [-0.05, 0) is 56.0 Å². The molecule has 0 amide bonds. The third kappa shape index (κ3) is 5.78. The van der Waals surface area contributed by atoms with Gasteiger partial charge in [0.05, 0.1) is 23.0 Å². The van der Waals surface area contributed by atoms with Crippen molar-refractivity contribution in [1.82, 2.24) is 14.7 Å². The fraction of sp³-hybridized carbons (Fsp3) is 0.276. The number of aliphatic hydroxyl groups excluding tert-OH is 1. The minimum absolute atomic E-state index is 0.352. The smallest absolute Gasteiger partial charge is 0.227 e. The van der Waals surface area contributed by atoms with Crippen molar-refractivity contribution in [2.45, 2.75) is 44.9 Å². The molecular formula is C29H30FN3O2. The molecule has 5 nitrogen and oxygen atoms in total. The van der Waals surface area contributed by atoms with Crippen LogP contribution in [0.1, 0.15) is 29.7 Å². The van der Waals surface area contributed by atoms with Crippen molar-refractivity contribution in [1.29, 1.82) is 0 Å². The van der Waals surface area contributed by atoms with Crippen molar-refractivity contribution in [2.75, 3.05) is 6.54 Å². The minimum Gasteiger partial charge on any atom is -0.438 e. The van der Waals surface area contributed by atoms with Crippen molar-refractivity contribution in [2.24, 2.45) is 0 Å². The van der Waals surface area contributed by atoms with Crippen LogP contribution in [-0.4, -0.2) is 38.5 Å². The molecule has 35 heavy (non-hydrogen) atoms. The van der Waals surface area contributed by atoms with Crippen molar-refractivity contribution in [3.63, 3.8) is 0 Å². The van der Waals surface area contributed by atoms with E-state index in [1.165, 1.54) is 12.1 Å². The molecule has 1 N–H and O–H groups in total. The van der Waals surface area contributed by atoms with Crippen LogP contribution in [0, 0.1) is 12.7 Å². The number of aromatic nitrogens is 2. The van der Waals surface area contributed by atoms with Gasteiger partial charge in [-0.25, -0.2) is 9.07 Å². The van der Waals surface area contributed by atoms with Crippen LogP contribution < -0.4 is 4.74 Å². The van der Waals surface area contributed by atoms with Crippen molar-refractivity contribution >= 4 is 0 Å². The van der Waals surface area contributed by atoms with Crippen LogP contribution in [0.5, 0.6) is 11.6 Å². The molecule has 180 valence electrons. The number of halogens is 1. The zero-order valence-electron chi connectivity index (χ0n) is 19.8. The molecule has 1 aromatic heterocycles. The number of ether oxygens (including phenoxy) is 1. The average molecular weight is 472 g/mol. The lowest BCUT2D eigenvalue weighted by molar-refractivity contribution is 0.103. The first kappa shape index (κ1) is 23.3. The van der Waals surface area contributed by atoms with Crippen LogP contribution in [0.25, 0.3) is 5.69 Å². The fourth-order valence-corrected chi connectivity index (χ4v) is 4.42. The van der Waals surface area contributed by atoms with Crippen LogP contribution in [0.3, 0.4) is 0 Å². The van der Waals surface area contributed by atoms with E-state index in [0.717, 1.165) is 35.3 Å². The molecule has 0 spiro atoms. The van der Waals surface area contributed by atoms with Gasteiger partial charge in [0.1, 0.15) is 11.6 Å². The predicted octanol–water partition coefficient (Wildman–Crippen LogP) is 5.68. The Kier molecular flexibility index (Phi) is 6.93. The maximum atomic E-state index is 13.9. The zero-order valence-corrected chi connectivity index (χ0v) is 19.8. The van der Waals surface area contributed by atoms with E-state index in [1.54, 1.807) is 16.8 Å². The quantitative estimate of drug-likeness (QED) is 0.323. The number of aryl methyl sites for hydroxylation is 1. The molecule has 3 aromatic carbocycles. The van der Waals surface area contributed by atoms with Gasteiger partial charge >= 0.3 is 0 Å². The predicted molar refractivity (Wildman–Crippen MR) is 134 cm³/mol. The van der Waals surface area contributed by atoms with Crippen molar-refractivity contribution in [3.8, 4) is 17.3 Å². The van der Waals surface area contributed by atoms with Crippen molar-refractivity contribution < 1.29 is 14.2 Å². The Bertz CT molecular complexity index is 1260. The topological polar surface area (TPSA) is 50.5 Å². The van der Waals surface area contributed by atoms with Gasteiger partial charge in [-0.1, -0.05) is 54.6 Å². The molecule has 5 rings (SSSR count). The number of benzene rings is 3. The first-order valence-electron chi connectivity index (χ1n) is 12.1. The molecule has 1 saturated carbocycles. The van der Waals surface area contributed by atoms with Gasteiger partial charge < -0.3 is 9.84 Å². The molecular weight excluding hydrogens is 441 g/mol. The van der Waals surface area contributed by atoms with Gasteiger partial charge in [-0.15, -0.1) is 0 Å². The van der Waals surface area contributed by atoms with E-state index in [-0.39, 0.29) is 5.82 Å². The number of hydrogen-bond donors (Lipinski definition) is 1. The Morgan fingerprint density at radius 2 is 1.74 bits per heavy atom. The van der Waals surface area contributed by atoms with Crippen LogP contribution >= 0.6 is 0 Å². The summed E-state index contributed by atoms with van der Waals surface area (Å²) in [4.78, 5) is 2.32. The van der Waals surface area contributed by atoms with Crippen LogP contribution in [0.2, 0.25) is 0 Å². The van der Waals surface area contributed by atoms with E-state index in [2.05, 4.69) is 4.90 Å². The van der Waals surface area contributed by atoms with Gasteiger partial charge in [-0.2, -0.15) is 5.10 Å². The Morgan fingerprint density at radius 1 is 1.03 bits per heavy atom. The number of nitrogens with zero attached hydrogens (tertiary/aromatic N) is 3. The summed E-state index contributed by atoms with van der Waals surface area (Å²) in [5, 5.41) is 15.7. The van der Waals surface area contributed by atoms with Gasteiger partial charge in [0.25, 0.3) is 0 Å². The summed E-state index contributed by atoms with van der Waals surface area (Å²) in [7, 11) is 0. The standard InChI is InChI=1S/C29H30FN3O2/c1-21-28(20-32(24-15-16-24)19-26(34)17-22-9-4-2-5-10-22)29(35-27-14-8-11-23(30)18-27)33(31-21)25-12-6-3-7-13-25/h2-14,18,24,26,34H,15-17,19-20H2,1H3/t26-/m0/s1. The highest BCUT2D eigenvalue weighted by molar-refractivity contribution is 5.43. The van der Waals surface area contributed by atoms with Gasteiger partial charge in [0.15, 0.2) is 0 Å². The minimum atomic E-state index is -0.477. The summed E-state index contributed by atoms with van der Waals surface area (Å²) < 4.78 is 22.0. The highest BCUT2D eigenvalue weighted by atomic mass is 19.1. The first-order chi connectivity index (χ1) is 17.1. The van der Waals surface area contributed by atoms with Gasteiger partial charge in [0.2, 0.25) is 5.88 Å². The SMILES string of the molecule is Cc1nn(-c2ccccc2)c(Oc2cccc(F)c2)c1CN(C[C@@H](O)Cc1ccccc1)C1CC1. The third-order valence-electron chi connectivity index (χ3n) is 6.33. The van der Waals surface area contributed by atoms with Crippen molar-refractivity contribution in [3.05, 3.63) is 108 Å². The fourth-order valence-electron chi connectivity index (χ4n) is 4.42. The second-order valence-corrected chi connectivity index (χ2v) is 9.18. The van der Waals surface area contributed by atoms with E-state index in [0.29, 0.717) is 37.2 Å². The normalized spacial score (nSPS) is 14.3. The molecule has 1 aliphatic carbocycles. The summed E-state index contributed by atoms with van der Waals surface area (Å²) in [6.07, 6.45) is 2.36. The lowest BCUT2D eigenvalue weighted by Crippen LogP contribution is -2.35. The van der Waals surface area contributed by atoms with E-state index >= 15 is 0 Å². The summed E-state index contributed by atoms with van der Waals surface area (Å²) in [6, 6.07) is 26.5. The highest BCUT2D eigenvalue weighted by Gasteiger charge is 2.32. The zero-order chi connectivity index (χ0) is 24.2. The Balaban J connectivity index is 1.44. The summed E-state index contributed by atoms with van der Waals surface area (Å²) in [6.45, 7) is 3.13. The van der Waals surface area contributed by atoms with E-state index in [4.69, 9.17) is 9.84 Å². The lowest BCUT2D eigenvalue weighted by atomic mass is 10.1. The van der Waals surface area contributed by atoms with Gasteiger partial charge in [-0.3, -0.25) is 4.90 Å². The molecule has 1 aliphatic rings. The van der Waals surface area contributed by atoms with E-state index < -0.39 is 6.10 Å². The Morgan fingerprint density at radius 3 is 2.43 bits per heavy atom. The molecule has 0 bridgehead atoms. The molecule has 0 radical (unpaired) electrons. The number of rotatable bonds is 10. The van der Waals surface area contributed by atoms with Gasteiger partial charge in [0, 0.05) is 25.2 Å². The van der Waals surface area contributed by atoms with Crippen LogP contribution in [-0.2, 0) is 13.0 Å². The Hall–Kier alpha value is -3.48. The molecule has 1 atom stereocenters. The first-order valence-corrected chi connectivity index (χ1v) is 12.1. The molecule has 6 heteroatoms. The van der Waals surface area contributed by atoms with Crippen LogP contribution in [0.4, 0.5) is 4.39 Å². The van der Waals surface area contributed by atoms with E-state index in [1.807, 2.05) is 67.6 Å². The number of hydrogen-bond acceptors (Lipinski definition) is 4. The number of para-hydroxylation sites is 1. The largest absolute Gasteiger partial charge is 0.438 e. The Labute approximate surface area is 205 Å². The third-order valence-corrected chi connectivity index (χ3v) is 6.33. The molecule has 0 aliphatic heterocycles. The maximum absolute atomic E-state index is 13.9. The second kappa shape index (κ2) is 10.4. The van der Waals surface area contributed by atoms with Crippen LogP contribution in [0.15, 0.2) is 84.9 Å². The maximum Gasteiger partial charge on any atom is 0.227 e. The highest BCUT2D eigenvalue weighted by Crippen LogP contribution is 2.35. The second-order valence-electron chi connectivity index (χ2n) is 9.18.